The van der Waals surface area contributed by atoms with E-state index in [1.165, 1.54) is 0 Å². The molecule has 162 valence electrons. The molecule has 4 rings (SSSR count). The van der Waals surface area contributed by atoms with Crippen molar-refractivity contribution in [3.8, 4) is 0 Å². The molecule has 3 unspecified atom stereocenters. The first-order chi connectivity index (χ1) is 14.9. The normalized spacial score (nSPS) is 23.1. The zero-order chi connectivity index (χ0) is 22.0. The molecule has 31 heavy (non-hydrogen) atoms. The molecular formula is C21H21F2N5O3. The minimum atomic E-state index is -0.879. The van der Waals surface area contributed by atoms with Crippen LogP contribution in [0.25, 0.3) is 0 Å². The lowest BCUT2D eigenvalue weighted by Crippen LogP contribution is -2.51. The summed E-state index contributed by atoms with van der Waals surface area (Å²) >= 11 is 0. The number of anilines is 1. The Kier molecular flexibility index (Phi) is 5.92. The summed E-state index contributed by atoms with van der Waals surface area (Å²) in [5.41, 5.74) is 11.6. The van der Waals surface area contributed by atoms with E-state index in [9.17, 15) is 23.2 Å². The second kappa shape index (κ2) is 8.78. The van der Waals surface area contributed by atoms with E-state index in [1.54, 1.807) is 0 Å². The zero-order valence-electron chi connectivity index (χ0n) is 16.4. The number of carbonyl (C=O) groups excluding carboxylic acids is 3. The van der Waals surface area contributed by atoms with Crippen LogP contribution < -0.4 is 26.6 Å². The van der Waals surface area contributed by atoms with Gasteiger partial charge in [0.1, 0.15) is 17.7 Å². The van der Waals surface area contributed by atoms with Crippen molar-refractivity contribution >= 4 is 23.4 Å². The van der Waals surface area contributed by atoms with Gasteiger partial charge in [-0.15, -0.1) is 0 Å². The van der Waals surface area contributed by atoms with Crippen molar-refractivity contribution < 1.29 is 23.2 Å². The summed E-state index contributed by atoms with van der Waals surface area (Å²) in [4.78, 5) is 38.1. The Morgan fingerprint density at radius 3 is 2.48 bits per heavy atom. The van der Waals surface area contributed by atoms with Crippen molar-refractivity contribution in [3.63, 3.8) is 0 Å². The van der Waals surface area contributed by atoms with Gasteiger partial charge in [-0.2, -0.15) is 0 Å². The number of hydrogen-bond donors (Lipinski definition) is 4. The van der Waals surface area contributed by atoms with Crippen LogP contribution in [0.1, 0.15) is 24.4 Å². The Bertz CT molecular complexity index is 1000. The molecule has 3 amide bonds. The average Bonchev–Trinajstić information content (AvgIpc) is 3.40. The molecule has 0 aliphatic carbocycles. The summed E-state index contributed by atoms with van der Waals surface area (Å²) in [6, 6.07) is 11.9. The Hall–Kier alpha value is -3.37. The van der Waals surface area contributed by atoms with Gasteiger partial charge in [0, 0.05) is 25.1 Å². The van der Waals surface area contributed by atoms with Crippen molar-refractivity contribution in [3.05, 3.63) is 65.7 Å². The first kappa shape index (κ1) is 20.9. The van der Waals surface area contributed by atoms with E-state index in [0.717, 1.165) is 22.6 Å². The van der Waals surface area contributed by atoms with Crippen LogP contribution in [-0.4, -0.2) is 30.3 Å². The number of hydrazine groups is 2. The van der Waals surface area contributed by atoms with Crippen LogP contribution in [0.5, 0.6) is 0 Å². The van der Waals surface area contributed by atoms with Crippen LogP contribution in [0.4, 0.5) is 14.5 Å². The van der Waals surface area contributed by atoms with E-state index in [0.29, 0.717) is 12.5 Å². The summed E-state index contributed by atoms with van der Waals surface area (Å²) in [6.45, 7) is -0.0671. The molecule has 0 spiro atoms. The van der Waals surface area contributed by atoms with Crippen molar-refractivity contribution in [1.82, 2.24) is 21.7 Å². The highest BCUT2D eigenvalue weighted by Crippen LogP contribution is 2.28. The third kappa shape index (κ3) is 4.54. The predicted molar refractivity (Wildman–Crippen MR) is 107 cm³/mol. The van der Waals surface area contributed by atoms with Crippen LogP contribution in [0, 0.1) is 17.6 Å². The van der Waals surface area contributed by atoms with E-state index < -0.39 is 41.3 Å². The van der Waals surface area contributed by atoms with Crippen molar-refractivity contribution in [2.75, 3.05) is 11.4 Å². The molecule has 0 aromatic heterocycles. The highest BCUT2D eigenvalue weighted by atomic mass is 19.1. The summed E-state index contributed by atoms with van der Waals surface area (Å²) in [5, 5.41) is 0. The summed E-state index contributed by atoms with van der Waals surface area (Å²) < 4.78 is 27.1. The number of benzene rings is 2. The third-order valence-electron chi connectivity index (χ3n) is 5.43. The predicted octanol–water partition coefficient (Wildman–Crippen LogP) is 1.07. The number of nitrogens with zero attached hydrogens (tertiary/aromatic N) is 1. The first-order valence-electron chi connectivity index (χ1n) is 9.83. The lowest BCUT2D eigenvalue weighted by Gasteiger charge is -2.18. The molecule has 2 aliphatic rings. The SMILES string of the molecule is O=C(NNC(=O)C1CC(c2ccccc2)NN1)C1CC(=O)N(c2ccc(F)cc2F)C1. The molecular weight excluding hydrogens is 408 g/mol. The lowest BCUT2D eigenvalue weighted by atomic mass is 10.0. The summed E-state index contributed by atoms with van der Waals surface area (Å²) in [5.74, 6) is -3.85. The quantitative estimate of drug-likeness (QED) is 0.545. The highest BCUT2D eigenvalue weighted by Gasteiger charge is 2.37. The van der Waals surface area contributed by atoms with Gasteiger partial charge in [-0.3, -0.25) is 25.2 Å². The topological polar surface area (TPSA) is 103 Å². The fourth-order valence-corrected chi connectivity index (χ4v) is 3.76. The molecule has 0 saturated carbocycles. The summed E-state index contributed by atoms with van der Waals surface area (Å²) in [7, 11) is 0. The van der Waals surface area contributed by atoms with Crippen molar-refractivity contribution in [2.24, 2.45) is 5.92 Å². The molecule has 4 N–H and O–H groups in total. The number of nitrogens with one attached hydrogen (secondary N) is 4. The van der Waals surface area contributed by atoms with E-state index in [2.05, 4.69) is 21.7 Å². The fourth-order valence-electron chi connectivity index (χ4n) is 3.76. The molecule has 10 heteroatoms. The Labute approximate surface area is 176 Å². The van der Waals surface area contributed by atoms with Gasteiger partial charge < -0.3 is 4.90 Å². The minimum Gasteiger partial charge on any atom is -0.309 e. The fraction of sp³-hybridized carbons (Fsp3) is 0.286. The average molecular weight is 429 g/mol. The molecule has 2 heterocycles. The van der Waals surface area contributed by atoms with Crippen LogP contribution in [0.2, 0.25) is 0 Å². The molecule has 2 aromatic carbocycles. The van der Waals surface area contributed by atoms with Crippen molar-refractivity contribution in [2.45, 2.75) is 24.9 Å². The first-order valence-corrected chi connectivity index (χ1v) is 9.83. The molecule has 2 saturated heterocycles. The van der Waals surface area contributed by atoms with Gasteiger partial charge in [-0.25, -0.2) is 19.6 Å². The van der Waals surface area contributed by atoms with Gasteiger partial charge in [0.15, 0.2) is 0 Å². The van der Waals surface area contributed by atoms with E-state index >= 15 is 0 Å². The zero-order valence-corrected chi connectivity index (χ0v) is 16.4. The molecule has 0 radical (unpaired) electrons. The van der Waals surface area contributed by atoms with Gasteiger partial charge in [0.05, 0.1) is 11.6 Å². The highest BCUT2D eigenvalue weighted by molar-refractivity contribution is 6.00. The van der Waals surface area contributed by atoms with E-state index in [-0.39, 0.29) is 24.7 Å². The van der Waals surface area contributed by atoms with Gasteiger partial charge in [-0.05, 0) is 24.1 Å². The Morgan fingerprint density at radius 2 is 1.74 bits per heavy atom. The van der Waals surface area contributed by atoms with Crippen LogP contribution >= 0.6 is 0 Å². The van der Waals surface area contributed by atoms with Gasteiger partial charge in [0.2, 0.25) is 11.8 Å². The van der Waals surface area contributed by atoms with E-state index in [1.807, 2.05) is 30.3 Å². The number of rotatable bonds is 4. The largest absolute Gasteiger partial charge is 0.309 e. The Balaban J connectivity index is 1.29. The van der Waals surface area contributed by atoms with Crippen LogP contribution in [0.3, 0.4) is 0 Å². The monoisotopic (exact) mass is 429 g/mol. The number of amides is 3. The second-order valence-electron chi connectivity index (χ2n) is 7.52. The van der Waals surface area contributed by atoms with Crippen molar-refractivity contribution in [1.29, 1.82) is 0 Å². The van der Waals surface area contributed by atoms with Gasteiger partial charge in [0.25, 0.3) is 5.91 Å². The maximum Gasteiger partial charge on any atom is 0.256 e. The van der Waals surface area contributed by atoms with Crippen LogP contribution in [-0.2, 0) is 14.4 Å². The molecule has 8 nitrogen and oxygen atoms in total. The molecule has 3 atom stereocenters. The van der Waals surface area contributed by atoms with E-state index in [4.69, 9.17) is 0 Å². The molecule has 0 bridgehead atoms. The Morgan fingerprint density at radius 1 is 1.00 bits per heavy atom. The smallest absolute Gasteiger partial charge is 0.256 e. The maximum atomic E-state index is 14.0. The number of hydrogen-bond acceptors (Lipinski definition) is 5. The molecule has 2 fully saturated rings. The minimum absolute atomic E-state index is 0.0423. The maximum absolute atomic E-state index is 14.0. The molecule has 2 aliphatic heterocycles. The van der Waals surface area contributed by atoms with Gasteiger partial charge >= 0.3 is 0 Å². The number of halogens is 2. The molecule has 2 aromatic rings. The third-order valence-corrected chi connectivity index (χ3v) is 5.43. The second-order valence-corrected chi connectivity index (χ2v) is 7.52. The lowest BCUT2D eigenvalue weighted by molar-refractivity contribution is -0.132. The summed E-state index contributed by atoms with van der Waals surface area (Å²) in [6.07, 6.45) is 0.350. The van der Waals surface area contributed by atoms with Gasteiger partial charge in [-0.1, -0.05) is 30.3 Å². The van der Waals surface area contributed by atoms with Crippen LogP contribution in [0.15, 0.2) is 48.5 Å². The number of carbonyl (C=O) groups is 3. The standard InChI is InChI=1S/C21H21F2N5O3/c22-14-6-7-18(15(23)9-14)28-11-13(8-19(28)29)20(30)26-27-21(31)17-10-16(24-25-17)12-4-2-1-3-5-12/h1-7,9,13,16-17,24-25H,8,10-11H2,(H,26,30)(H,27,31).